The number of nitrogens with zero attached hydrogens (tertiary/aromatic N) is 1. The van der Waals surface area contributed by atoms with Crippen molar-refractivity contribution in [3.63, 3.8) is 0 Å². The fourth-order valence-corrected chi connectivity index (χ4v) is 4.86. The molecule has 1 aliphatic rings. The summed E-state index contributed by atoms with van der Waals surface area (Å²) in [7, 11) is -3.55. The maximum atomic E-state index is 12.6. The van der Waals surface area contributed by atoms with Gasteiger partial charge in [-0.3, -0.25) is 4.79 Å². The number of rotatable bonds is 6. The Labute approximate surface area is 163 Å². The van der Waals surface area contributed by atoms with E-state index in [9.17, 15) is 13.2 Å². The average Bonchev–Trinajstić information content (AvgIpc) is 3.16. The maximum absolute atomic E-state index is 12.6. The smallest absolute Gasteiger partial charge is 0.243 e. The summed E-state index contributed by atoms with van der Waals surface area (Å²) in [5.41, 5.74) is 0.924. The Kier molecular flexibility index (Phi) is 5.87. The quantitative estimate of drug-likeness (QED) is 0.725. The molecule has 1 heterocycles. The molecule has 0 amide bonds. The number of ketones is 1. The Morgan fingerprint density at radius 1 is 1.08 bits per heavy atom. The summed E-state index contributed by atoms with van der Waals surface area (Å²) in [6.07, 6.45) is 1.73. The van der Waals surface area contributed by atoms with Crippen molar-refractivity contribution in [2.24, 2.45) is 0 Å². The van der Waals surface area contributed by atoms with E-state index in [-0.39, 0.29) is 17.2 Å². The van der Waals surface area contributed by atoms with Crippen LogP contribution in [-0.2, 0) is 10.0 Å². The van der Waals surface area contributed by atoms with Gasteiger partial charge in [-0.2, -0.15) is 4.31 Å². The molecule has 2 aromatic carbocycles. The largest absolute Gasteiger partial charge is 0.376 e. The predicted molar refractivity (Wildman–Crippen MR) is 104 cm³/mol. The number of hydrogen-bond acceptors (Lipinski definition) is 4. The van der Waals surface area contributed by atoms with E-state index < -0.39 is 10.0 Å². The lowest BCUT2D eigenvalue weighted by Crippen LogP contribution is -2.28. The fourth-order valence-electron chi connectivity index (χ4n) is 2.82. The minimum absolute atomic E-state index is 0.00539. The van der Waals surface area contributed by atoms with Gasteiger partial charge in [-0.15, -0.1) is 0 Å². The first-order chi connectivity index (χ1) is 12.4. The van der Waals surface area contributed by atoms with Crippen molar-refractivity contribution < 1.29 is 13.2 Å². The van der Waals surface area contributed by atoms with Gasteiger partial charge in [0, 0.05) is 23.7 Å². The summed E-state index contributed by atoms with van der Waals surface area (Å²) >= 11 is 11.9. The van der Waals surface area contributed by atoms with Crippen LogP contribution < -0.4 is 5.32 Å². The number of nitrogens with one attached hydrogen (secondary N) is 1. The lowest BCUT2D eigenvalue weighted by Gasteiger charge is -2.16. The van der Waals surface area contributed by atoms with Crippen LogP contribution in [0.15, 0.2) is 47.4 Å². The monoisotopic (exact) mass is 412 g/mol. The van der Waals surface area contributed by atoms with Crippen LogP contribution in [0.3, 0.4) is 0 Å². The van der Waals surface area contributed by atoms with Gasteiger partial charge in [-0.05, 0) is 43.2 Å². The van der Waals surface area contributed by atoms with Crippen molar-refractivity contribution in [2.75, 3.05) is 25.0 Å². The van der Waals surface area contributed by atoms with E-state index in [4.69, 9.17) is 23.2 Å². The van der Waals surface area contributed by atoms with Crippen molar-refractivity contribution in [1.29, 1.82) is 0 Å². The minimum atomic E-state index is -3.55. The molecular weight excluding hydrogens is 395 g/mol. The molecule has 0 atom stereocenters. The molecule has 0 saturated carbocycles. The SMILES string of the molecule is O=C(CNc1ccc(Cl)cc1Cl)c1cccc(S(=O)(=O)N2CCCC2)c1. The second-order valence-electron chi connectivity index (χ2n) is 6.04. The van der Waals surface area contributed by atoms with Gasteiger partial charge < -0.3 is 5.32 Å². The zero-order valence-corrected chi connectivity index (χ0v) is 16.2. The van der Waals surface area contributed by atoms with Crippen LogP contribution >= 0.6 is 23.2 Å². The van der Waals surface area contributed by atoms with Crippen molar-refractivity contribution in [3.05, 3.63) is 58.1 Å². The van der Waals surface area contributed by atoms with Gasteiger partial charge in [0.25, 0.3) is 0 Å². The lowest BCUT2D eigenvalue weighted by molar-refractivity contribution is 0.101. The van der Waals surface area contributed by atoms with Gasteiger partial charge >= 0.3 is 0 Å². The van der Waals surface area contributed by atoms with E-state index in [0.717, 1.165) is 12.8 Å². The van der Waals surface area contributed by atoms with Gasteiger partial charge in [0.05, 0.1) is 22.2 Å². The van der Waals surface area contributed by atoms with Crippen molar-refractivity contribution in [1.82, 2.24) is 4.31 Å². The van der Waals surface area contributed by atoms with Gasteiger partial charge in [0.2, 0.25) is 10.0 Å². The third-order valence-electron chi connectivity index (χ3n) is 4.23. The molecule has 3 rings (SSSR count). The first-order valence-electron chi connectivity index (χ1n) is 8.20. The summed E-state index contributed by atoms with van der Waals surface area (Å²) in [5.74, 6) is -0.227. The Hall–Kier alpha value is -1.60. The topological polar surface area (TPSA) is 66.5 Å². The van der Waals surface area contributed by atoms with Crippen LogP contribution in [0.5, 0.6) is 0 Å². The molecular formula is C18H18Cl2N2O3S. The molecule has 0 aliphatic carbocycles. The number of benzene rings is 2. The lowest BCUT2D eigenvalue weighted by atomic mass is 10.1. The number of carbonyl (C=O) groups is 1. The highest BCUT2D eigenvalue weighted by Gasteiger charge is 2.27. The summed E-state index contributed by atoms with van der Waals surface area (Å²) in [4.78, 5) is 12.6. The van der Waals surface area contributed by atoms with Crippen LogP contribution in [0.4, 0.5) is 5.69 Å². The zero-order chi connectivity index (χ0) is 18.7. The third kappa shape index (κ3) is 4.20. The molecule has 2 aromatic rings. The van der Waals surface area contributed by atoms with Gasteiger partial charge in [0.1, 0.15) is 0 Å². The summed E-state index contributed by atoms with van der Waals surface area (Å²) in [6, 6.07) is 11.1. The predicted octanol–water partition coefficient (Wildman–Crippen LogP) is 4.07. The Morgan fingerprint density at radius 3 is 2.50 bits per heavy atom. The zero-order valence-electron chi connectivity index (χ0n) is 13.9. The highest BCUT2D eigenvalue weighted by atomic mass is 35.5. The van der Waals surface area contributed by atoms with E-state index in [1.165, 1.54) is 16.4 Å². The molecule has 26 heavy (non-hydrogen) atoms. The highest BCUT2D eigenvalue weighted by molar-refractivity contribution is 7.89. The van der Waals surface area contributed by atoms with Crippen molar-refractivity contribution in [3.8, 4) is 0 Å². The summed E-state index contributed by atoms with van der Waals surface area (Å²) in [5, 5.41) is 3.87. The minimum Gasteiger partial charge on any atom is -0.376 e. The first-order valence-corrected chi connectivity index (χ1v) is 10.4. The summed E-state index contributed by atoms with van der Waals surface area (Å²) in [6.45, 7) is 1.04. The molecule has 138 valence electrons. The molecule has 0 radical (unpaired) electrons. The number of halogens is 2. The summed E-state index contributed by atoms with van der Waals surface area (Å²) < 4.78 is 26.7. The van der Waals surface area contributed by atoms with Gasteiger partial charge in [-0.1, -0.05) is 35.3 Å². The molecule has 0 aromatic heterocycles. The van der Waals surface area contributed by atoms with Crippen LogP contribution in [-0.4, -0.2) is 38.1 Å². The molecule has 0 unspecified atom stereocenters. The molecule has 1 fully saturated rings. The normalized spacial score (nSPS) is 15.2. The number of anilines is 1. The molecule has 8 heteroatoms. The van der Waals surface area contributed by atoms with Crippen molar-refractivity contribution in [2.45, 2.75) is 17.7 Å². The van der Waals surface area contributed by atoms with Gasteiger partial charge in [0.15, 0.2) is 5.78 Å². The van der Waals surface area contributed by atoms with Gasteiger partial charge in [-0.25, -0.2) is 8.42 Å². The Morgan fingerprint density at radius 2 is 1.81 bits per heavy atom. The van der Waals surface area contributed by atoms with Crippen molar-refractivity contribution >= 4 is 44.7 Å². The molecule has 1 aliphatic heterocycles. The van der Waals surface area contributed by atoms with E-state index in [0.29, 0.717) is 34.4 Å². The molecule has 1 N–H and O–H groups in total. The highest BCUT2D eigenvalue weighted by Crippen LogP contribution is 2.25. The molecule has 5 nitrogen and oxygen atoms in total. The second-order valence-corrected chi connectivity index (χ2v) is 8.82. The second kappa shape index (κ2) is 7.96. The number of hydrogen-bond donors (Lipinski definition) is 1. The maximum Gasteiger partial charge on any atom is 0.243 e. The number of carbonyl (C=O) groups excluding carboxylic acids is 1. The Balaban J connectivity index is 1.74. The van der Waals surface area contributed by atoms with Crippen LogP contribution in [0.2, 0.25) is 10.0 Å². The molecule has 1 saturated heterocycles. The average molecular weight is 413 g/mol. The molecule has 0 spiro atoms. The van der Waals surface area contributed by atoms with Crippen LogP contribution in [0.1, 0.15) is 23.2 Å². The van der Waals surface area contributed by atoms with E-state index in [1.807, 2.05) is 0 Å². The fraction of sp³-hybridized carbons (Fsp3) is 0.278. The van der Waals surface area contributed by atoms with Crippen LogP contribution in [0.25, 0.3) is 0 Å². The third-order valence-corrected chi connectivity index (χ3v) is 6.67. The van der Waals surface area contributed by atoms with E-state index in [1.54, 1.807) is 30.3 Å². The number of sulfonamides is 1. The van der Waals surface area contributed by atoms with E-state index in [2.05, 4.69) is 5.32 Å². The van der Waals surface area contributed by atoms with E-state index >= 15 is 0 Å². The standard InChI is InChI=1S/C18H18Cl2N2O3S/c19-14-6-7-17(16(20)11-14)21-12-18(23)13-4-3-5-15(10-13)26(24,25)22-8-1-2-9-22/h3-7,10-11,21H,1-2,8-9,12H2. The number of Topliss-reactive ketones (excluding diaryl/α,β-unsaturated/α-hetero) is 1. The first kappa shape index (κ1) is 19.2. The molecule has 0 bridgehead atoms. The van der Waals surface area contributed by atoms with Crippen LogP contribution in [0, 0.1) is 0 Å². The Bertz CT molecular complexity index is 926.